The molecule has 0 aliphatic carbocycles. The molecular formula is C17H20FN5O. The van der Waals surface area contributed by atoms with Crippen molar-refractivity contribution in [3.05, 3.63) is 47.3 Å². The fourth-order valence-corrected chi connectivity index (χ4v) is 3.26. The topological polar surface area (TPSA) is 78.0 Å². The first kappa shape index (κ1) is 16.6. The lowest BCUT2D eigenvalue weighted by atomic mass is 9.89. The molecule has 1 atom stereocenters. The summed E-state index contributed by atoms with van der Waals surface area (Å²) in [5, 5.41) is 27.8. The first-order chi connectivity index (χ1) is 11.5. The second-order valence-electron chi connectivity index (χ2n) is 6.50. The Morgan fingerprint density at radius 2 is 2.29 bits per heavy atom. The molecule has 2 aromatic rings. The zero-order chi connectivity index (χ0) is 17.2. The number of hydrogen-bond acceptors (Lipinski definition) is 5. The van der Waals surface area contributed by atoms with Gasteiger partial charge in [0.15, 0.2) is 0 Å². The highest BCUT2D eigenvalue weighted by Gasteiger charge is 2.34. The molecule has 7 heteroatoms. The Kier molecular flexibility index (Phi) is 4.60. The van der Waals surface area contributed by atoms with Crippen LogP contribution >= 0.6 is 0 Å². The lowest BCUT2D eigenvalue weighted by Crippen LogP contribution is -2.49. The summed E-state index contributed by atoms with van der Waals surface area (Å²) in [7, 11) is 1.86. The Labute approximate surface area is 140 Å². The number of nitrogens with zero attached hydrogens (tertiary/aromatic N) is 5. The van der Waals surface area contributed by atoms with Gasteiger partial charge in [-0.15, -0.1) is 10.2 Å². The molecule has 24 heavy (non-hydrogen) atoms. The van der Waals surface area contributed by atoms with Crippen molar-refractivity contribution in [2.45, 2.75) is 31.4 Å². The normalized spacial score (nSPS) is 21.6. The van der Waals surface area contributed by atoms with Crippen LogP contribution in [0.25, 0.3) is 0 Å². The Hall–Kier alpha value is -2.30. The van der Waals surface area contributed by atoms with E-state index in [9.17, 15) is 9.50 Å². The summed E-state index contributed by atoms with van der Waals surface area (Å²) in [5.74, 6) is 0.256. The number of β-amino-alcohol motifs (C(OH)–C–C–N with tert-alkyl or cyclic N) is 1. The van der Waals surface area contributed by atoms with E-state index in [2.05, 4.69) is 15.1 Å². The van der Waals surface area contributed by atoms with Crippen molar-refractivity contribution in [2.75, 3.05) is 13.1 Å². The quantitative estimate of drug-likeness (QED) is 0.917. The van der Waals surface area contributed by atoms with Crippen molar-refractivity contribution in [3.8, 4) is 6.07 Å². The van der Waals surface area contributed by atoms with E-state index < -0.39 is 11.4 Å². The molecule has 1 aliphatic rings. The molecule has 1 aromatic heterocycles. The van der Waals surface area contributed by atoms with Crippen molar-refractivity contribution >= 4 is 0 Å². The van der Waals surface area contributed by atoms with Crippen LogP contribution in [0.5, 0.6) is 0 Å². The predicted octanol–water partition coefficient (Wildman–Crippen LogP) is 1.40. The van der Waals surface area contributed by atoms with E-state index in [4.69, 9.17) is 5.26 Å². The maximum Gasteiger partial charge on any atom is 0.140 e. The minimum Gasteiger partial charge on any atom is -0.388 e. The van der Waals surface area contributed by atoms with Crippen LogP contribution in [-0.2, 0) is 20.0 Å². The maximum atomic E-state index is 13.4. The van der Waals surface area contributed by atoms with E-state index >= 15 is 0 Å². The van der Waals surface area contributed by atoms with Gasteiger partial charge in [-0.1, -0.05) is 6.07 Å². The average molecular weight is 329 g/mol. The van der Waals surface area contributed by atoms with Gasteiger partial charge in [0, 0.05) is 26.6 Å². The van der Waals surface area contributed by atoms with Crippen molar-refractivity contribution in [3.63, 3.8) is 0 Å². The first-order valence-electron chi connectivity index (χ1n) is 7.95. The molecule has 6 nitrogen and oxygen atoms in total. The van der Waals surface area contributed by atoms with Crippen LogP contribution in [0.3, 0.4) is 0 Å². The molecule has 0 radical (unpaired) electrons. The zero-order valence-corrected chi connectivity index (χ0v) is 13.6. The van der Waals surface area contributed by atoms with Crippen LogP contribution in [0.15, 0.2) is 24.5 Å². The molecule has 1 aromatic carbocycles. The van der Waals surface area contributed by atoms with E-state index in [1.165, 1.54) is 6.07 Å². The van der Waals surface area contributed by atoms with Crippen LogP contribution in [0.2, 0.25) is 0 Å². The van der Waals surface area contributed by atoms with Crippen molar-refractivity contribution < 1.29 is 9.50 Å². The number of aliphatic hydroxyl groups is 1. The van der Waals surface area contributed by atoms with Gasteiger partial charge in [0.2, 0.25) is 0 Å². The Bertz CT molecular complexity index is 769. The summed E-state index contributed by atoms with van der Waals surface area (Å²) in [6.07, 6.45) is 3.66. The zero-order valence-electron chi connectivity index (χ0n) is 13.6. The highest BCUT2D eigenvalue weighted by molar-refractivity contribution is 5.34. The van der Waals surface area contributed by atoms with Gasteiger partial charge in [-0.05, 0) is 37.1 Å². The van der Waals surface area contributed by atoms with Gasteiger partial charge in [0.25, 0.3) is 0 Å². The summed E-state index contributed by atoms with van der Waals surface area (Å²) in [4.78, 5) is 2.13. The first-order valence-corrected chi connectivity index (χ1v) is 7.95. The number of aromatic nitrogens is 3. The molecule has 0 spiro atoms. The number of nitriles is 1. The summed E-state index contributed by atoms with van der Waals surface area (Å²) in [6.45, 7) is 1.95. The summed E-state index contributed by atoms with van der Waals surface area (Å²) in [6, 6.07) is 6.45. The smallest absolute Gasteiger partial charge is 0.140 e. The van der Waals surface area contributed by atoms with Gasteiger partial charge in [0.1, 0.15) is 24.0 Å². The lowest BCUT2D eigenvalue weighted by Gasteiger charge is -2.39. The number of hydrogen-bond donors (Lipinski definition) is 1. The third-order valence-electron chi connectivity index (χ3n) is 4.48. The van der Waals surface area contributed by atoms with Crippen molar-refractivity contribution in [1.29, 1.82) is 5.26 Å². The highest BCUT2D eigenvalue weighted by Crippen LogP contribution is 2.26. The van der Waals surface area contributed by atoms with Crippen molar-refractivity contribution in [1.82, 2.24) is 19.7 Å². The lowest BCUT2D eigenvalue weighted by molar-refractivity contribution is -0.0344. The van der Waals surface area contributed by atoms with Gasteiger partial charge in [-0.2, -0.15) is 5.26 Å². The minimum atomic E-state index is -0.850. The van der Waals surface area contributed by atoms with Crippen LogP contribution in [0, 0.1) is 17.1 Å². The number of benzene rings is 1. The summed E-state index contributed by atoms with van der Waals surface area (Å²) < 4.78 is 15.2. The molecule has 0 amide bonds. The molecule has 0 bridgehead atoms. The molecule has 1 saturated heterocycles. The fourth-order valence-electron chi connectivity index (χ4n) is 3.26. The van der Waals surface area contributed by atoms with Crippen molar-refractivity contribution in [2.24, 2.45) is 7.05 Å². The molecule has 1 unspecified atom stereocenters. The van der Waals surface area contributed by atoms with E-state index in [0.717, 1.165) is 24.4 Å². The van der Waals surface area contributed by atoms with E-state index in [0.29, 0.717) is 25.9 Å². The van der Waals surface area contributed by atoms with Gasteiger partial charge in [0.05, 0.1) is 11.2 Å². The maximum absolute atomic E-state index is 13.4. The third kappa shape index (κ3) is 3.61. The fraction of sp³-hybridized carbons (Fsp3) is 0.471. The second-order valence-corrected chi connectivity index (χ2v) is 6.50. The largest absolute Gasteiger partial charge is 0.388 e. The molecule has 1 N–H and O–H groups in total. The van der Waals surface area contributed by atoms with E-state index in [1.807, 2.05) is 17.7 Å². The predicted molar refractivity (Wildman–Crippen MR) is 85.3 cm³/mol. The molecule has 1 fully saturated rings. The molecular weight excluding hydrogens is 309 g/mol. The Morgan fingerprint density at radius 1 is 1.46 bits per heavy atom. The second kappa shape index (κ2) is 6.67. The standard InChI is InChI=1S/C17H20FN5O/c1-22-12-20-21-16(22)8-17(24)5-2-6-23(11-17)10-13-3-4-15(18)14(7-13)9-19/h3-4,7,12,24H,2,5-6,8,10-11H2,1H3. The van der Waals surface area contributed by atoms with Gasteiger partial charge in [-0.3, -0.25) is 4.90 Å². The third-order valence-corrected chi connectivity index (χ3v) is 4.48. The molecule has 1 aliphatic heterocycles. The van der Waals surface area contributed by atoms with Crippen LogP contribution in [0.1, 0.15) is 29.8 Å². The average Bonchev–Trinajstić information content (AvgIpc) is 2.94. The molecule has 0 saturated carbocycles. The number of aryl methyl sites for hydroxylation is 1. The van der Waals surface area contributed by atoms with Gasteiger partial charge < -0.3 is 9.67 Å². The number of rotatable bonds is 4. The SMILES string of the molecule is Cn1cnnc1CC1(O)CCCN(Cc2ccc(F)c(C#N)c2)C1. The number of piperidine rings is 1. The van der Waals surface area contributed by atoms with Crippen LogP contribution in [0.4, 0.5) is 4.39 Å². The molecule has 2 heterocycles. The molecule has 126 valence electrons. The Morgan fingerprint density at radius 3 is 3.00 bits per heavy atom. The summed E-state index contributed by atoms with van der Waals surface area (Å²) in [5.41, 5.74) is 0.0756. The minimum absolute atomic E-state index is 0.0545. The number of likely N-dealkylation sites (tertiary alicyclic amines) is 1. The number of halogens is 1. The van der Waals surface area contributed by atoms with E-state index in [1.54, 1.807) is 18.5 Å². The van der Waals surface area contributed by atoms with Crippen LogP contribution in [-0.4, -0.2) is 43.5 Å². The summed E-state index contributed by atoms with van der Waals surface area (Å²) >= 11 is 0. The van der Waals surface area contributed by atoms with E-state index in [-0.39, 0.29) is 5.56 Å². The van der Waals surface area contributed by atoms with Crippen LogP contribution < -0.4 is 0 Å². The van der Waals surface area contributed by atoms with Gasteiger partial charge in [-0.25, -0.2) is 4.39 Å². The van der Waals surface area contributed by atoms with Gasteiger partial charge >= 0.3 is 0 Å². The Balaban J connectivity index is 1.69. The highest BCUT2D eigenvalue weighted by atomic mass is 19.1. The molecule has 3 rings (SSSR count). The monoisotopic (exact) mass is 329 g/mol.